The van der Waals surface area contributed by atoms with Crippen molar-refractivity contribution in [1.82, 2.24) is 4.90 Å². The Morgan fingerprint density at radius 3 is 2.41 bits per heavy atom. The molecular weight excluding hydrogens is 460 g/mol. The number of amides is 2. The zero-order valence-electron chi connectivity index (χ0n) is 19.2. The molecule has 0 aliphatic carbocycles. The largest absolute Gasteiger partial charge is 0.464 e. The van der Waals surface area contributed by atoms with Gasteiger partial charge >= 0.3 is 0 Å². The summed E-state index contributed by atoms with van der Waals surface area (Å²) >= 11 is 6.28. The molecule has 0 unspecified atom stereocenters. The average molecular weight is 485 g/mol. The summed E-state index contributed by atoms with van der Waals surface area (Å²) in [6.07, 6.45) is 0. The van der Waals surface area contributed by atoms with Crippen molar-refractivity contribution in [2.24, 2.45) is 11.1 Å². The Kier molecular flexibility index (Phi) is 5.77. The third kappa shape index (κ3) is 4.07. The molecule has 2 aromatic carbocycles. The van der Waals surface area contributed by atoms with Crippen LogP contribution in [0.5, 0.6) is 0 Å². The number of primary amides is 1. The van der Waals surface area contributed by atoms with Crippen molar-refractivity contribution in [2.45, 2.75) is 40.3 Å². The molecule has 4 rings (SSSR count). The maximum absolute atomic E-state index is 12.9. The molecule has 0 saturated heterocycles. The fourth-order valence-electron chi connectivity index (χ4n) is 4.11. The number of nitrogens with two attached hydrogens (primary N) is 1. The predicted octanol–water partition coefficient (Wildman–Crippen LogP) is 3.22. The smallest absolute Gasteiger partial charge is 0.257 e. The van der Waals surface area contributed by atoms with Gasteiger partial charge < -0.3 is 25.7 Å². The number of halogens is 1. The van der Waals surface area contributed by atoms with Gasteiger partial charge in [0, 0.05) is 17.1 Å². The molecule has 0 saturated carbocycles. The highest BCUT2D eigenvalue weighted by atomic mass is 35.5. The highest BCUT2D eigenvalue weighted by molar-refractivity contribution is 6.32. The van der Waals surface area contributed by atoms with Crippen LogP contribution >= 0.6 is 11.6 Å². The number of benzene rings is 1. The Bertz CT molecular complexity index is 1380. The first-order chi connectivity index (χ1) is 15.9. The van der Waals surface area contributed by atoms with Crippen LogP contribution in [0.15, 0.2) is 38.3 Å². The third-order valence-corrected chi connectivity index (χ3v) is 6.18. The second kappa shape index (κ2) is 8.32. The van der Waals surface area contributed by atoms with Crippen LogP contribution in [0.2, 0.25) is 5.02 Å². The zero-order valence-corrected chi connectivity index (χ0v) is 20.0. The van der Waals surface area contributed by atoms with E-state index in [1.165, 1.54) is 4.90 Å². The molecule has 2 heterocycles. The van der Waals surface area contributed by atoms with Crippen LogP contribution in [-0.2, 0) is 11.3 Å². The van der Waals surface area contributed by atoms with Crippen LogP contribution in [-0.4, -0.2) is 23.3 Å². The highest BCUT2D eigenvalue weighted by Gasteiger charge is 2.35. The van der Waals surface area contributed by atoms with Crippen LogP contribution in [0.1, 0.15) is 54.3 Å². The maximum Gasteiger partial charge on any atom is 0.257 e. The summed E-state index contributed by atoms with van der Waals surface area (Å²) in [6, 6.07) is 6.41. The van der Waals surface area contributed by atoms with E-state index in [-0.39, 0.29) is 35.4 Å². The fraction of sp³-hybridized carbons (Fsp3) is 0.333. The summed E-state index contributed by atoms with van der Waals surface area (Å²) in [5.41, 5.74) is 4.77. The van der Waals surface area contributed by atoms with Crippen LogP contribution < -0.4 is 27.2 Å². The Labute approximate surface area is 200 Å². The van der Waals surface area contributed by atoms with Gasteiger partial charge in [0.15, 0.2) is 0 Å². The maximum atomic E-state index is 12.9. The first kappa shape index (κ1) is 23.6. The molecule has 0 bridgehead atoms. The number of carbonyl (C=O) groups is 2. The van der Waals surface area contributed by atoms with Crippen molar-refractivity contribution in [2.75, 3.05) is 17.2 Å². The van der Waals surface area contributed by atoms with E-state index in [0.29, 0.717) is 22.0 Å². The minimum atomic E-state index is -0.700. The van der Waals surface area contributed by atoms with Gasteiger partial charge in [-0.2, -0.15) is 0 Å². The molecule has 1 aromatic heterocycles. The number of anilines is 3. The van der Waals surface area contributed by atoms with Crippen LogP contribution in [0, 0.1) is 12.3 Å². The van der Waals surface area contributed by atoms with E-state index in [1.807, 2.05) is 39.8 Å². The molecule has 4 N–H and O–H groups in total. The number of fused-ring (bicyclic) bond motifs is 1. The van der Waals surface area contributed by atoms with Gasteiger partial charge in [-0.25, -0.2) is 0 Å². The Balaban J connectivity index is 1.69. The summed E-state index contributed by atoms with van der Waals surface area (Å²) in [4.78, 5) is 50.6. The van der Waals surface area contributed by atoms with E-state index < -0.39 is 28.7 Å². The van der Waals surface area contributed by atoms with Gasteiger partial charge in [-0.1, -0.05) is 32.4 Å². The SMILES string of the molecule is Cc1ccc([C@H](Nc2c(Nc3ccc(Cl)c4c3C(=O)N(CC(N)=O)C4)c(=O)c2=O)C(C)(C)C)o1. The lowest BCUT2D eigenvalue weighted by Crippen LogP contribution is -2.39. The number of nitrogens with one attached hydrogen (secondary N) is 2. The van der Waals surface area contributed by atoms with Crippen LogP contribution in [0.25, 0.3) is 0 Å². The van der Waals surface area contributed by atoms with Gasteiger partial charge in [0.1, 0.15) is 22.9 Å². The average Bonchev–Trinajstić information content (AvgIpc) is 3.31. The van der Waals surface area contributed by atoms with E-state index >= 15 is 0 Å². The molecule has 0 radical (unpaired) electrons. The molecular formula is C24H25ClN4O5. The van der Waals surface area contributed by atoms with E-state index in [2.05, 4.69) is 10.6 Å². The molecule has 178 valence electrons. The number of carbonyl (C=O) groups excluding carboxylic acids is 2. The first-order valence-corrected chi connectivity index (χ1v) is 11.1. The Morgan fingerprint density at radius 1 is 1.15 bits per heavy atom. The van der Waals surface area contributed by atoms with E-state index in [4.69, 9.17) is 21.8 Å². The van der Waals surface area contributed by atoms with E-state index in [0.717, 1.165) is 5.76 Å². The fourth-order valence-corrected chi connectivity index (χ4v) is 4.33. The first-order valence-electron chi connectivity index (χ1n) is 10.7. The lowest BCUT2D eigenvalue weighted by Gasteiger charge is -2.31. The van der Waals surface area contributed by atoms with Gasteiger partial charge in [0.05, 0.1) is 23.8 Å². The van der Waals surface area contributed by atoms with E-state index in [9.17, 15) is 19.2 Å². The molecule has 9 nitrogen and oxygen atoms in total. The standard InChI is InChI=1S/C24H25ClN4O5/c1-11-5-8-15(34-11)22(24(2,3)4)28-19-18(20(31)21(19)32)27-14-7-6-13(25)12-9-29(10-16(26)30)23(33)17(12)14/h5-8,22,27-28H,9-10H2,1-4H3,(H2,26,30)/t22-/m0/s1. The lowest BCUT2D eigenvalue weighted by atomic mass is 9.85. The van der Waals surface area contributed by atoms with E-state index in [1.54, 1.807) is 12.1 Å². The molecule has 3 aromatic rings. The molecule has 0 fully saturated rings. The predicted molar refractivity (Wildman–Crippen MR) is 129 cm³/mol. The molecule has 1 aliphatic rings. The normalized spacial score (nSPS) is 14.4. The van der Waals surface area contributed by atoms with Crippen molar-refractivity contribution >= 4 is 40.5 Å². The minimum Gasteiger partial charge on any atom is -0.464 e. The molecule has 0 spiro atoms. The molecule has 10 heteroatoms. The second-order valence-electron chi connectivity index (χ2n) is 9.50. The highest BCUT2D eigenvalue weighted by Crippen LogP contribution is 2.39. The number of aryl methyl sites for hydroxylation is 1. The second-order valence-corrected chi connectivity index (χ2v) is 9.91. The molecule has 34 heavy (non-hydrogen) atoms. The number of hydrogen-bond acceptors (Lipinski definition) is 7. The summed E-state index contributed by atoms with van der Waals surface area (Å²) < 4.78 is 5.78. The van der Waals surface area contributed by atoms with Crippen molar-refractivity contribution in [1.29, 1.82) is 0 Å². The van der Waals surface area contributed by atoms with Crippen LogP contribution in [0.4, 0.5) is 17.1 Å². The third-order valence-electron chi connectivity index (χ3n) is 5.82. The topological polar surface area (TPSA) is 135 Å². The number of nitrogens with zero attached hydrogens (tertiary/aromatic N) is 1. The van der Waals surface area contributed by atoms with Crippen LogP contribution in [0.3, 0.4) is 0 Å². The van der Waals surface area contributed by atoms with Crippen molar-refractivity contribution in [3.63, 3.8) is 0 Å². The summed E-state index contributed by atoms with van der Waals surface area (Å²) in [7, 11) is 0. The van der Waals surface area contributed by atoms with Crippen molar-refractivity contribution in [3.05, 3.63) is 72.4 Å². The van der Waals surface area contributed by atoms with Gasteiger partial charge in [0.25, 0.3) is 16.8 Å². The minimum absolute atomic E-state index is 0.0493. The summed E-state index contributed by atoms with van der Waals surface area (Å²) in [5, 5.41) is 6.47. The number of rotatable bonds is 7. The number of hydrogen-bond donors (Lipinski definition) is 3. The molecule has 1 aliphatic heterocycles. The monoisotopic (exact) mass is 484 g/mol. The van der Waals surface area contributed by atoms with Gasteiger partial charge in [-0.15, -0.1) is 0 Å². The zero-order chi connectivity index (χ0) is 24.9. The Morgan fingerprint density at radius 2 is 1.82 bits per heavy atom. The lowest BCUT2D eigenvalue weighted by molar-refractivity contribution is -0.118. The Hall–Kier alpha value is -3.59. The summed E-state index contributed by atoms with van der Waals surface area (Å²) in [5.74, 6) is 0.270. The van der Waals surface area contributed by atoms with Crippen molar-refractivity contribution in [3.8, 4) is 0 Å². The van der Waals surface area contributed by atoms with Crippen molar-refractivity contribution < 1.29 is 14.0 Å². The summed E-state index contributed by atoms with van der Waals surface area (Å²) in [6.45, 7) is 7.64. The molecule has 1 atom stereocenters. The number of furan rings is 1. The molecule has 2 amide bonds. The van der Waals surface area contributed by atoms with Gasteiger partial charge in [0.2, 0.25) is 5.91 Å². The van der Waals surface area contributed by atoms with Gasteiger partial charge in [-0.3, -0.25) is 19.2 Å². The van der Waals surface area contributed by atoms with Gasteiger partial charge in [-0.05, 0) is 36.6 Å². The quantitative estimate of drug-likeness (QED) is 0.438.